The van der Waals surface area contributed by atoms with Gasteiger partial charge in [0.1, 0.15) is 0 Å². The molecule has 0 heterocycles. The zero-order chi connectivity index (χ0) is 45.9. The van der Waals surface area contributed by atoms with Crippen LogP contribution in [-0.2, 0) is 0 Å². The van der Waals surface area contributed by atoms with Gasteiger partial charge in [-0.2, -0.15) is 0 Å². The molecule has 0 atom stereocenters. The van der Waals surface area contributed by atoms with Crippen LogP contribution in [0.25, 0.3) is 0 Å². The third kappa shape index (κ3) is 9.50. The van der Waals surface area contributed by atoms with Crippen molar-refractivity contribution in [3.63, 3.8) is 0 Å². The van der Waals surface area contributed by atoms with E-state index in [4.69, 9.17) is 0 Å². The quantitative estimate of drug-likeness (QED) is 0.121. The lowest BCUT2D eigenvalue weighted by molar-refractivity contribution is 1.22. The Labute approximate surface area is 392 Å². The first-order valence-electron chi connectivity index (χ1n) is 22.9. The first-order valence-corrected chi connectivity index (χ1v) is 22.9. The van der Waals surface area contributed by atoms with Gasteiger partial charge in [0.2, 0.25) is 0 Å². The molecule has 0 aliphatic rings. The number of para-hydroxylation sites is 2. The minimum absolute atomic E-state index is 1.07. The maximum atomic E-state index is 2.38. The van der Waals surface area contributed by atoms with Gasteiger partial charge in [-0.05, 0) is 245 Å². The highest BCUT2D eigenvalue weighted by Crippen LogP contribution is 2.43. The van der Waals surface area contributed by atoms with E-state index in [2.05, 4.69) is 281 Å². The van der Waals surface area contributed by atoms with E-state index in [0.717, 1.165) is 68.2 Å². The second kappa shape index (κ2) is 18.7. The lowest BCUT2D eigenvalue weighted by Crippen LogP contribution is -2.14. The number of hydrogen-bond donors (Lipinski definition) is 0. The highest BCUT2D eigenvalue weighted by molar-refractivity contribution is 5.85. The van der Waals surface area contributed by atoms with E-state index in [1.807, 2.05) is 0 Å². The molecule has 0 radical (unpaired) electrons. The topological polar surface area (TPSA) is 13.0 Å². The average Bonchev–Trinajstić information content (AvgIpc) is 3.28. The summed E-state index contributed by atoms with van der Waals surface area (Å²) in [7, 11) is 0. The molecule has 0 aliphatic heterocycles. The number of nitrogens with zero attached hydrogens (tertiary/aromatic N) is 4. The summed E-state index contributed by atoms with van der Waals surface area (Å²) in [6, 6.07) is 75.3. The Hall–Kier alpha value is -7.82. The summed E-state index contributed by atoms with van der Waals surface area (Å²) in [4.78, 5) is 9.42. The zero-order valence-electron chi connectivity index (χ0n) is 39.4. The van der Waals surface area contributed by atoms with Crippen LogP contribution in [0.5, 0.6) is 0 Å². The molecule has 0 saturated heterocycles. The minimum atomic E-state index is 1.07. The fraction of sp³-hybridized carbons (Fsp3) is 0.129. The van der Waals surface area contributed by atoms with E-state index >= 15 is 0 Å². The second-order valence-electron chi connectivity index (χ2n) is 17.9. The van der Waals surface area contributed by atoms with Crippen LogP contribution in [0.4, 0.5) is 68.2 Å². The fourth-order valence-corrected chi connectivity index (χ4v) is 9.51. The van der Waals surface area contributed by atoms with Crippen LogP contribution in [0.15, 0.2) is 206 Å². The smallest absolute Gasteiger partial charge is 0.0466 e. The molecule has 0 amide bonds. The molecule has 9 aromatic carbocycles. The summed E-state index contributed by atoms with van der Waals surface area (Å²) in [6.45, 7) is 17.4. The Morgan fingerprint density at radius 1 is 0.167 bits per heavy atom. The van der Waals surface area contributed by atoms with Crippen LogP contribution in [-0.4, -0.2) is 0 Å². The molecule has 0 aliphatic carbocycles. The average molecular weight is 859 g/mol. The molecule has 9 aromatic rings. The maximum Gasteiger partial charge on any atom is 0.0466 e. The zero-order valence-corrected chi connectivity index (χ0v) is 39.4. The minimum Gasteiger partial charge on any atom is -0.311 e. The van der Waals surface area contributed by atoms with Crippen LogP contribution in [0.3, 0.4) is 0 Å². The van der Waals surface area contributed by atoms with E-state index in [1.54, 1.807) is 0 Å². The van der Waals surface area contributed by atoms with Crippen LogP contribution in [0.1, 0.15) is 44.5 Å². The van der Waals surface area contributed by atoms with Gasteiger partial charge in [0, 0.05) is 68.2 Å². The molecular weight excluding hydrogens is 801 g/mol. The molecule has 4 heteroatoms. The number of rotatable bonds is 12. The van der Waals surface area contributed by atoms with E-state index in [-0.39, 0.29) is 0 Å². The van der Waals surface area contributed by atoms with Crippen molar-refractivity contribution in [2.24, 2.45) is 0 Å². The molecule has 0 aromatic heterocycles. The Balaban J connectivity index is 1.08. The van der Waals surface area contributed by atoms with Crippen LogP contribution >= 0.6 is 0 Å². The van der Waals surface area contributed by atoms with Crippen molar-refractivity contribution in [1.82, 2.24) is 0 Å². The second-order valence-corrected chi connectivity index (χ2v) is 17.9. The van der Waals surface area contributed by atoms with E-state index < -0.39 is 0 Å². The Morgan fingerprint density at radius 3 is 0.500 bits per heavy atom. The summed E-state index contributed by atoms with van der Waals surface area (Å²) in [5.41, 5.74) is 23.2. The first kappa shape index (κ1) is 43.4. The molecule has 0 fully saturated rings. The van der Waals surface area contributed by atoms with E-state index in [1.165, 1.54) is 44.5 Å². The van der Waals surface area contributed by atoms with E-state index in [0.29, 0.717) is 0 Å². The highest BCUT2D eigenvalue weighted by Gasteiger charge is 2.20. The van der Waals surface area contributed by atoms with Crippen molar-refractivity contribution in [3.8, 4) is 0 Å². The molecular formula is C62H58N4. The van der Waals surface area contributed by atoms with Gasteiger partial charge in [-0.1, -0.05) is 60.7 Å². The predicted octanol–water partition coefficient (Wildman–Crippen LogP) is 18.0. The van der Waals surface area contributed by atoms with Crippen LogP contribution in [0.2, 0.25) is 0 Å². The lowest BCUT2D eigenvalue weighted by Gasteiger charge is -2.30. The Kier molecular flexibility index (Phi) is 12.3. The summed E-state index contributed by atoms with van der Waals surface area (Å²) in [5, 5.41) is 0. The highest BCUT2D eigenvalue weighted by atomic mass is 15.2. The van der Waals surface area contributed by atoms with Gasteiger partial charge in [0.25, 0.3) is 0 Å². The van der Waals surface area contributed by atoms with Crippen molar-refractivity contribution in [1.29, 1.82) is 0 Å². The third-order valence-corrected chi connectivity index (χ3v) is 12.0. The Bertz CT molecular complexity index is 2700. The van der Waals surface area contributed by atoms with Gasteiger partial charge >= 0.3 is 0 Å². The molecule has 0 unspecified atom stereocenters. The predicted molar refractivity (Wildman–Crippen MR) is 283 cm³/mol. The number of aryl methyl sites for hydroxylation is 8. The number of anilines is 12. The number of hydrogen-bond acceptors (Lipinski definition) is 4. The third-order valence-electron chi connectivity index (χ3n) is 12.0. The molecule has 0 bridgehead atoms. The monoisotopic (exact) mass is 858 g/mol. The molecule has 9 rings (SSSR count). The van der Waals surface area contributed by atoms with Crippen LogP contribution < -0.4 is 19.6 Å². The van der Waals surface area contributed by atoms with Gasteiger partial charge in [-0.15, -0.1) is 0 Å². The first-order chi connectivity index (χ1) is 31.9. The van der Waals surface area contributed by atoms with Gasteiger partial charge < -0.3 is 19.6 Å². The maximum absolute atomic E-state index is 2.38. The lowest BCUT2D eigenvalue weighted by atomic mass is 10.1. The van der Waals surface area contributed by atoms with Crippen molar-refractivity contribution in [2.75, 3.05) is 19.6 Å². The Morgan fingerprint density at radius 2 is 0.318 bits per heavy atom. The fourth-order valence-electron chi connectivity index (χ4n) is 9.51. The summed E-state index contributed by atoms with van der Waals surface area (Å²) in [5.74, 6) is 0. The molecule has 0 saturated carbocycles. The standard InChI is InChI=1S/C62H58N4/c1-43-31-44(2)36-59(35-43)65(60-37-45(3)32-46(4)38-60)57-27-23-55(24-28-57)63(51-15-11-9-12-16-51)53-19-21-54(22-20-53)64(52-17-13-10-14-18-52)56-25-29-58(30-26-56)66(61-39-47(5)33-48(6)40-61)62-41-49(7)34-50(8)42-62/h9-42H,1-8H3. The van der Waals surface area contributed by atoms with Crippen molar-refractivity contribution in [3.05, 3.63) is 251 Å². The van der Waals surface area contributed by atoms with E-state index in [9.17, 15) is 0 Å². The van der Waals surface area contributed by atoms with Crippen LogP contribution in [0, 0.1) is 55.4 Å². The molecule has 326 valence electrons. The summed E-state index contributed by atoms with van der Waals surface area (Å²) < 4.78 is 0. The van der Waals surface area contributed by atoms with Crippen molar-refractivity contribution < 1.29 is 0 Å². The molecule has 0 spiro atoms. The van der Waals surface area contributed by atoms with Crippen molar-refractivity contribution in [2.45, 2.75) is 55.4 Å². The largest absolute Gasteiger partial charge is 0.311 e. The van der Waals surface area contributed by atoms with Gasteiger partial charge in [-0.25, -0.2) is 0 Å². The van der Waals surface area contributed by atoms with Gasteiger partial charge in [0.05, 0.1) is 0 Å². The molecule has 4 nitrogen and oxygen atoms in total. The van der Waals surface area contributed by atoms with Gasteiger partial charge in [-0.3, -0.25) is 0 Å². The number of benzene rings is 9. The molecule has 66 heavy (non-hydrogen) atoms. The van der Waals surface area contributed by atoms with Gasteiger partial charge in [0.15, 0.2) is 0 Å². The SMILES string of the molecule is Cc1cc(C)cc(N(c2ccc(N(c3ccccc3)c3ccc(N(c4ccccc4)c4ccc(N(c5cc(C)cc(C)c5)c5cc(C)cc(C)c5)cc4)cc3)cc2)c2cc(C)cc(C)c2)c1. The molecule has 0 N–H and O–H groups in total. The summed E-state index contributed by atoms with van der Waals surface area (Å²) >= 11 is 0. The normalized spacial score (nSPS) is 11.0. The summed E-state index contributed by atoms with van der Waals surface area (Å²) in [6.07, 6.45) is 0. The van der Waals surface area contributed by atoms with Crippen molar-refractivity contribution >= 4 is 68.2 Å².